The van der Waals surface area contributed by atoms with Gasteiger partial charge in [-0.15, -0.1) is 0 Å². The minimum absolute atomic E-state index is 0.0375. The number of amides is 2. The van der Waals surface area contributed by atoms with Crippen LogP contribution in [-0.4, -0.2) is 25.0 Å². The lowest BCUT2D eigenvalue weighted by molar-refractivity contribution is -0.136. The molecule has 0 bridgehead atoms. The molecule has 0 saturated carbocycles. The first-order valence-electron chi connectivity index (χ1n) is 7.59. The fourth-order valence-electron chi connectivity index (χ4n) is 2.11. The molecule has 6 nitrogen and oxygen atoms in total. The molecule has 0 spiro atoms. The highest BCUT2D eigenvalue weighted by atomic mass is 19.4. The van der Waals surface area contributed by atoms with E-state index in [0.29, 0.717) is 0 Å². The first-order valence-corrected chi connectivity index (χ1v) is 7.59. The molecule has 1 heterocycles. The molecule has 2 rings (SSSR count). The standard InChI is InChI=1S/C17H17F3N2O4/c1-10(25-2)8-15(23)22-13-6-5-11(9-12(13)17(18,19)20)21-16(24)14-4-3-7-26-14/h3-7,9-10H,8H2,1-2H3,(H,21,24)(H,22,23). The molecule has 2 aromatic rings. The van der Waals surface area contributed by atoms with E-state index < -0.39 is 35.3 Å². The van der Waals surface area contributed by atoms with Crippen molar-refractivity contribution in [3.8, 4) is 0 Å². The number of rotatable bonds is 6. The second-order valence-electron chi connectivity index (χ2n) is 5.49. The molecule has 0 aliphatic rings. The predicted molar refractivity (Wildman–Crippen MR) is 87.8 cm³/mol. The van der Waals surface area contributed by atoms with Gasteiger partial charge in [0.2, 0.25) is 5.91 Å². The number of hydrogen-bond acceptors (Lipinski definition) is 4. The highest BCUT2D eigenvalue weighted by molar-refractivity contribution is 6.02. The zero-order valence-electron chi connectivity index (χ0n) is 14.0. The largest absolute Gasteiger partial charge is 0.459 e. The fraction of sp³-hybridized carbons (Fsp3) is 0.294. The number of alkyl halides is 3. The minimum atomic E-state index is -4.72. The van der Waals surface area contributed by atoms with E-state index in [0.717, 1.165) is 12.1 Å². The average molecular weight is 370 g/mol. The summed E-state index contributed by atoms with van der Waals surface area (Å²) in [7, 11) is 1.40. The third-order valence-electron chi connectivity index (χ3n) is 3.48. The van der Waals surface area contributed by atoms with Crippen molar-refractivity contribution in [3.63, 3.8) is 0 Å². The maximum absolute atomic E-state index is 13.3. The van der Waals surface area contributed by atoms with E-state index in [1.807, 2.05) is 0 Å². The Morgan fingerprint density at radius 2 is 1.96 bits per heavy atom. The molecule has 140 valence electrons. The smallest absolute Gasteiger partial charge is 0.418 e. The summed E-state index contributed by atoms with van der Waals surface area (Å²) in [5, 5.41) is 4.53. The number of hydrogen-bond donors (Lipinski definition) is 2. The van der Waals surface area contributed by atoms with Crippen LogP contribution in [0.1, 0.15) is 29.5 Å². The van der Waals surface area contributed by atoms with Crippen LogP contribution in [0.4, 0.5) is 24.5 Å². The van der Waals surface area contributed by atoms with Gasteiger partial charge in [0.05, 0.1) is 30.0 Å². The topological polar surface area (TPSA) is 80.6 Å². The van der Waals surface area contributed by atoms with Gasteiger partial charge in [-0.1, -0.05) is 0 Å². The van der Waals surface area contributed by atoms with Crippen LogP contribution < -0.4 is 10.6 Å². The van der Waals surface area contributed by atoms with Gasteiger partial charge in [0.25, 0.3) is 5.91 Å². The number of carbonyl (C=O) groups excluding carboxylic acids is 2. The van der Waals surface area contributed by atoms with E-state index in [9.17, 15) is 22.8 Å². The van der Waals surface area contributed by atoms with Gasteiger partial charge in [-0.25, -0.2) is 0 Å². The van der Waals surface area contributed by atoms with Gasteiger partial charge in [-0.3, -0.25) is 9.59 Å². The minimum Gasteiger partial charge on any atom is -0.459 e. The Hall–Kier alpha value is -2.81. The molecular weight excluding hydrogens is 353 g/mol. The Balaban J connectivity index is 2.22. The average Bonchev–Trinajstić information content (AvgIpc) is 3.09. The normalized spacial score (nSPS) is 12.5. The summed E-state index contributed by atoms with van der Waals surface area (Å²) in [6.07, 6.45) is -3.97. The number of furan rings is 1. The number of ether oxygens (including phenoxy) is 1. The third kappa shape index (κ3) is 5.09. The van der Waals surface area contributed by atoms with E-state index in [1.165, 1.54) is 31.6 Å². The molecule has 1 unspecified atom stereocenters. The second-order valence-corrected chi connectivity index (χ2v) is 5.49. The van der Waals surface area contributed by atoms with Crippen molar-refractivity contribution < 1.29 is 31.9 Å². The summed E-state index contributed by atoms with van der Waals surface area (Å²) in [6.45, 7) is 1.62. The number of methoxy groups -OCH3 is 1. The van der Waals surface area contributed by atoms with E-state index >= 15 is 0 Å². The lowest BCUT2D eigenvalue weighted by Gasteiger charge is -2.16. The Labute approximate surface area is 147 Å². The molecule has 26 heavy (non-hydrogen) atoms. The summed E-state index contributed by atoms with van der Waals surface area (Å²) in [5.74, 6) is -1.34. The molecule has 1 aromatic carbocycles. The van der Waals surface area contributed by atoms with E-state index in [1.54, 1.807) is 6.92 Å². The number of benzene rings is 1. The molecule has 0 aliphatic carbocycles. The first-order chi connectivity index (χ1) is 12.2. The maximum Gasteiger partial charge on any atom is 0.418 e. The van der Waals surface area contributed by atoms with Crippen LogP contribution in [0.25, 0.3) is 0 Å². The SMILES string of the molecule is COC(C)CC(=O)Nc1ccc(NC(=O)c2ccco2)cc1C(F)(F)F. The lowest BCUT2D eigenvalue weighted by atomic mass is 10.1. The zero-order valence-corrected chi connectivity index (χ0v) is 14.0. The van der Waals surface area contributed by atoms with Gasteiger partial charge >= 0.3 is 6.18 Å². The van der Waals surface area contributed by atoms with Gasteiger partial charge in [0.15, 0.2) is 5.76 Å². The highest BCUT2D eigenvalue weighted by Gasteiger charge is 2.34. The quantitative estimate of drug-likeness (QED) is 0.808. The number of halogens is 3. The van der Waals surface area contributed by atoms with Gasteiger partial charge in [-0.2, -0.15) is 13.2 Å². The van der Waals surface area contributed by atoms with E-state index in [4.69, 9.17) is 9.15 Å². The molecule has 0 radical (unpaired) electrons. The number of nitrogens with one attached hydrogen (secondary N) is 2. The van der Waals surface area contributed by atoms with Crippen molar-refractivity contribution in [2.75, 3.05) is 17.7 Å². The monoisotopic (exact) mass is 370 g/mol. The van der Waals surface area contributed by atoms with Crippen LogP contribution in [0, 0.1) is 0 Å². The van der Waals surface area contributed by atoms with Crippen molar-refractivity contribution in [2.45, 2.75) is 25.6 Å². The fourth-order valence-corrected chi connectivity index (χ4v) is 2.11. The van der Waals surface area contributed by atoms with Crippen LogP contribution in [0.2, 0.25) is 0 Å². The van der Waals surface area contributed by atoms with Crippen LogP contribution in [-0.2, 0) is 15.7 Å². The predicted octanol–water partition coefficient (Wildman–Crippen LogP) is 3.91. The molecule has 1 aromatic heterocycles. The van der Waals surface area contributed by atoms with Crippen molar-refractivity contribution in [2.24, 2.45) is 0 Å². The molecule has 2 N–H and O–H groups in total. The highest BCUT2D eigenvalue weighted by Crippen LogP contribution is 2.36. The van der Waals surface area contributed by atoms with E-state index in [-0.39, 0.29) is 17.9 Å². The third-order valence-corrected chi connectivity index (χ3v) is 3.48. The molecule has 1 atom stereocenters. The van der Waals surface area contributed by atoms with Crippen LogP contribution in [0.3, 0.4) is 0 Å². The molecule has 0 aliphatic heterocycles. The zero-order chi connectivity index (χ0) is 19.3. The summed E-state index contributed by atoms with van der Waals surface area (Å²) in [6, 6.07) is 5.94. The van der Waals surface area contributed by atoms with Crippen molar-refractivity contribution in [1.29, 1.82) is 0 Å². The van der Waals surface area contributed by atoms with Gasteiger partial charge < -0.3 is 19.8 Å². The van der Waals surface area contributed by atoms with E-state index in [2.05, 4.69) is 10.6 Å². The Bertz CT molecular complexity index is 773. The van der Waals surface area contributed by atoms with Crippen molar-refractivity contribution in [1.82, 2.24) is 0 Å². The molecule has 0 fully saturated rings. The van der Waals surface area contributed by atoms with Crippen LogP contribution >= 0.6 is 0 Å². The Morgan fingerprint density at radius 3 is 2.54 bits per heavy atom. The summed E-state index contributed by atoms with van der Waals surface area (Å²) < 4.78 is 49.7. The van der Waals surface area contributed by atoms with Gasteiger partial charge in [0, 0.05) is 12.8 Å². The van der Waals surface area contributed by atoms with Crippen LogP contribution in [0.15, 0.2) is 41.0 Å². The first kappa shape index (κ1) is 19.5. The lowest BCUT2D eigenvalue weighted by Crippen LogP contribution is -2.21. The molecule has 2 amide bonds. The van der Waals surface area contributed by atoms with Gasteiger partial charge in [-0.05, 0) is 37.3 Å². The molecule has 0 saturated heterocycles. The maximum atomic E-state index is 13.3. The Kier molecular flexibility index (Phi) is 6.04. The number of carbonyl (C=O) groups is 2. The summed E-state index contributed by atoms with van der Waals surface area (Å²) in [5.41, 5.74) is -1.56. The Morgan fingerprint density at radius 1 is 1.23 bits per heavy atom. The molecular formula is C17H17F3N2O4. The summed E-state index contributed by atoms with van der Waals surface area (Å²) in [4.78, 5) is 23.7. The second kappa shape index (κ2) is 8.05. The summed E-state index contributed by atoms with van der Waals surface area (Å²) >= 11 is 0. The molecule has 9 heteroatoms. The van der Waals surface area contributed by atoms with Gasteiger partial charge in [0.1, 0.15) is 0 Å². The van der Waals surface area contributed by atoms with Crippen LogP contribution in [0.5, 0.6) is 0 Å². The number of anilines is 2. The van der Waals surface area contributed by atoms with Crippen molar-refractivity contribution >= 4 is 23.2 Å². The van der Waals surface area contributed by atoms with Crippen molar-refractivity contribution in [3.05, 3.63) is 47.9 Å².